The maximum absolute atomic E-state index is 13.7. The molecule has 2 aromatic heterocycles. The molecular formula is C92H106N12O20. The molecule has 0 saturated carbocycles. The summed E-state index contributed by atoms with van der Waals surface area (Å²) in [4.78, 5) is 83.8. The molecule has 2 heterocycles. The number of hydrogen-bond acceptors (Lipinski definition) is 26. The van der Waals surface area contributed by atoms with Crippen LogP contribution in [-0.4, -0.2) is 185 Å². The number of methoxy groups -OCH3 is 7. The van der Waals surface area contributed by atoms with Gasteiger partial charge in [-0.2, -0.15) is 9.97 Å². The average Bonchev–Trinajstić information content (AvgIpc) is 0.803. The maximum atomic E-state index is 13.7. The van der Waals surface area contributed by atoms with Crippen LogP contribution in [-0.2, 0) is 55.3 Å². The van der Waals surface area contributed by atoms with Crippen LogP contribution in [0.5, 0.6) is 57.8 Å². The summed E-state index contributed by atoms with van der Waals surface area (Å²) in [6.07, 6.45) is 3.15. The molecule has 0 aliphatic heterocycles. The molecule has 8 N–H and O–H groups in total. The summed E-state index contributed by atoms with van der Waals surface area (Å²) in [5, 5.41) is 26.4. The molecule has 11 rings (SSSR count). The van der Waals surface area contributed by atoms with E-state index < -0.39 is 29.4 Å². The predicted molar refractivity (Wildman–Crippen MR) is 473 cm³/mol. The van der Waals surface area contributed by atoms with Crippen molar-refractivity contribution in [2.45, 2.75) is 58.9 Å². The highest BCUT2D eigenvalue weighted by Gasteiger charge is 2.28. The van der Waals surface area contributed by atoms with Gasteiger partial charge in [-0.15, -0.1) is 0 Å². The number of urea groups is 2. The van der Waals surface area contributed by atoms with E-state index in [1.165, 1.54) is 21.3 Å². The minimum absolute atomic E-state index is 0.121. The van der Waals surface area contributed by atoms with Crippen molar-refractivity contribution < 1.29 is 95.0 Å². The van der Waals surface area contributed by atoms with Gasteiger partial charge in [-0.1, -0.05) is 120 Å². The molecule has 0 aliphatic rings. The zero-order valence-corrected chi connectivity index (χ0v) is 71.8. The SMILES string of the molecule is COCCOCCOCCOc1cc(Nc2nccc(Oc3ccc(NC(=O)Nc4cc(C(C)(C)C)cc(C(=O)NCC(=O)OC)c4OC)c4ccccc34)n2)cc(OC)c1.COCCOCCOCCOc1cc(Nc2nccc(Oc3ccc(NC(=O)Nc4cc(C(C)(C)C)cc(C(=O)NCc5ccccc5)c4OC)c4ccccc34)n2)cc(OC)c1. The van der Waals surface area contributed by atoms with E-state index in [1.807, 2.05) is 133 Å². The van der Waals surface area contributed by atoms with Gasteiger partial charge in [0.15, 0.2) is 11.5 Å². The molecule has 0 fully saturated rings. The molecule has 0 unspecified atom stereocenters. The normalized spacial score (nSPS) is 11.1. The lowest BCUT2D eigenvalue weighted by Crippen LogP contribution is -2.31. The Kier molecular flexibility index (Phi) is 34.7. The van der Waals surface area contributed by atoms with Crippen LogP contribution in [0.15, 0.2) is 188 Å². The number of amides is 6. The Morgan fingerprint density at radius 1 is 0.371 bits per heavy atom. The van der Waals surface area contributed by atoms with Gasteiger partial charge in [0.25, 0.3) is 11.8 Å². The molecule has 6 amide bonds. The van der Waals surface area contributed by atoms with E-state index in [-0.39, 0.29) is 64.3 Å². The van der Waals surface area contributed by atoms with Gasteiger partial charge in [-0.25, -0.2) is 19.6 Å². The Morgan fingerprint density at radius 3 is 1.16 bits per heavy atom. The number of hydrogen-bond donors (Lipinski definition) is 8. The quantitative estimate of drug-likeness (QED) is 0.0130. The van der Waals surface area contributed by atoms with Crippen LogP contribution < -0.4 is 80.4 Å². The first-order valence-electron chi connectivity index (χ1n) is 39.8. The molecule has 0 saturated heterocycles. The number of benzene rings is 9. The molecule has 0 spiro atoms. The van der Waals surface area contributed by atoms with E-state index in [0.29, 0.717) is 165 Å². The van der Waals surface area contributed by atoms with Gasteiger partial charge in [0.2, 0.25) is 23.7 Å². The Hall–Kier alpha value is -13.6. The molecule has 0 radical (unpaired) electrons. The van der Waals surface area contributed by atoms with Crippen LogP contribution in [0.25, 0.3) is 21.5 Å². The maximum Gasteiger partial charge on any atom is 0.325 e. The molecule has 0 bridgehead atoms. The number of ether oxygens (including phenoxy) is 15. The number of esters is 1. The third-order valence-electron chi connectivity index (χ3n) is 18.5. The number of anilines is 8. The highest BCUT2D eigenvalue weighted by atomic mass is 16.6. The van der Waals surface area contributed by atoms with Crippen LogP contribution in [0.3, 0.4) is 0 Å². The molecule has 11 aromatic rings. The fourth-order valence-corrected chi connectivity index (χ4v) is 12.2. The monoisotopic (exact) mass is 1700 g/mol. The third kappa shape index (κ3) is 27.7. The summed E-state index contributed by atoms with van der Waals surface area (Å²) in [7, 11) is 10.5. The van der Waals surface area contributed by atoms with Crippen molar-refractivity contribution in [3.8, 4) is 57.8 Å². The lowest BCUT2D eigenvalue weighted by molar-refractivity contribution is -0.139. The van der Waals surface area contributed by atoms with E-state index in [4.69, 9.17) is 66.3 Å². The first-order chi connectivity index (χ1) is 59.9. The number of fused-ring (bicyclic) bond motifs is 2. The van der Waals surface area contributed by atoms with E-state index >= 15 is 0 Å². The van der Waals surface area contributed by atoms with E-state index in [2.05, 4.69) is 67.2 Å². The molecule has 0 aliphatic carbocycles. The number of carbonyl (C=O) groups excluding carboxylic acids is 5. The molecule has 32 heteroatoms. The first kappa shape index (κ1) is 92.7. The average molecular weight is 1700 g/mol. The largest absolute Gasteiger partial charge is 0.497 e. The van der Waals surface area contributed by atoms with Crippen molar-refractivity contribution >= 4 is 97.4 Å². The number of rotatable bonds is 42. The van der Waals surface area contributed by atoms with E-state index in [9.17, 15) is 24.0 Å². The summed E-state index contributed by atoms with van der Waals surface area (Å²) in [5.41, 5.74) is 5.13. The molecule has 32 nitrogen and oxygen atoms in total. The van der Waals surface area contributed by atoms with Crippen molar-refractivity contribution in [3.05, 3.63) is 216 Å². The zero-order chi connectivity index (χ0) is 88.4. The van der Waals surface area contributed by atoms with Crippen LogP contribution >= 0.6 is 0 Å². The summed E-state index contributed by atoms with van der Waals surface area (Å²) in [6.45, 7) is 17.4. The van der Waals surface area contributed by atoms with Crippen LogP contribution in [0.4, 0.5) is 55.6 Å². The molecular weight excluding hydrogens is 1590 g/mol. The Labute approximate surface area is 719 Å². The number of carbonyl (C=O) groups is 5. The standard InChI is InChI=1S/C48H54N6O9.C44H52N6O11/c1-48(2,3)33-26-39(45(55)50-31-32-12-8-7-9-13-32)44(59-6)41(27-33)53-47(56)52-40-16-17-42(38-15-11-10-14-37(38)40)63-43-18-19-49-46(54-43)51-34-28-35(58-5)30-36(29-34)62-25-24-61-23-22-60-21-20-57-4;1-44(2,3)28-22-34(41(52)46-27-39(51)56-6)40(57-7)36(23-28)49-43(53)48-35-12-13-37(33-11-9-8-10-32(33)35)61-38-14-15-45-42(50-38)47-29-24-30(55-5)26-31(25-29)60-21-20-59-19-18-58-17-16-54-4/h7-19,26-30H,20-25,31H2,1-6H3,(H,50,55)(H,49,51,54)(H2,52,53,56);8-15,22-26H,16-21,27H2,1-7H3,(H,46,52)(H,45,47,50)(H2,48,49,53). The number of nitrogens with zero attached hydrogens (tertiary/aromatic N) is 4. The minimum Gasteiger partial charge on any atom is -0.497 e. The van der Waals surface area contributed by atoms with Crippen molar-refractivity contribution in [1.29, 1.82) is 0 Å². The number of nitrogens with one attached hydrogen (secondary N) is 8. The van der Waals surface area contributed by atoms with Crippen LogP contribution in [0.1, 0.15) is 78.9 Å². The van der Waals surface area contributed by atoms with Crippen molar-refractivity contribution in [1.82, 2.24) is 30.6 Å². The third-order valence-corrected chi connectivity index (χ3v) is 18.5. The smallest absolute Gasteiger partial charge is 0.325 e. The van der Waals surface area contributed by atoms with Crippen LogP contribution in [0, 0.1) is 0 Å². The van der Waals surface area contributed by atoms with E-state index in [0.717, 1.165) is 27.5 Å². The molecule has 654 valence electrons. The summed E-state index contributed by atoms with van der Waals surface area (Å²) >= 11 is 0. The second-order valence-electron chi connectivity index (χ2n) is 29.4. The fraction of sp³-hybridized carbons (Fsp3) is 0.315. The second kappa shape index (κ2) is 46.4. The highest BCUT2D eigenvalue weighted by molar-refractivity contribution is 6.11. The second-order valence-corrected chi connectivity index (χ2v) is 29.4. The van der Waals surface area contributed by atoms with Gasteiger partial charge < -0.3 is 114 Å². The van der Waals surface area contributed by atoms with Crippen molar-refractivity contribution in [2.75, 3.05) is 167 Å². The lowest BCUT2D eigenvalue weighted by atomic mass is 9.85. The van der Waals surface area contributed by atoms with Gasteiger partial charge in [-0.3, -0.25) is 14.4 Å². The zero-order valence-electron chi connectivity index (χ0n) is 71.8. The Balaban J connectivity index is 0.000000260. The van der Waals surface area contributed by atoms with Crippen molar-refractivity contribution in [2.24, 2.45) is 0 Å². The molecule has 0 atom stereocenters. The minimum atomic E-state index is -0.611. The number of aromatic nitrogens is 4. The predicted octanol–water partition coefficient (Wildman–Crippen LogP) is 16.2. The van der Waals surface area contributed by atoms with Crippen molar-refractivity contribution in [3.63, 3.8) is 0 Å². The van der Waals surface area contributed by atoms with Gasteiger partial charge in [0.1, 0.15) is 54.3 Å². The van der Waals surface area contributed by atoms with Gasteiger partial charge >= 0.3 is 18.0 Å². The van der Waals surface area contributed by atoms with Gasteiger partial charge in [0, 0.05) is 115 Å². The first-order valence-corrected chi connectivity index (χ1v) is 39.8. The Bertz CT molecular complexity index is 5400. The highest BCUT2D eigenvalue weighted by Crippen LogP contribution is 2.41. The van der Waals surface area contributed by atoms with Gasteiger partial charge in [-0.05, 0) is 76.1 Å². The van der Waals surface area contributed by atoms with Crippen LogP contribution in [0.2, 0.25) is 0 Å². The lowest BCUT2D eigenvalue weighted by Gasteiger charge is -2.23. The molecule has 9 aromatic carbocycles. The summed E-state index contributed by atoms with van der Waals surface area (Å²) in [6, 6.07) is 51.5. The summed E-state index contributed by atoms with van der Waals surface area (Å²) in [5.74, 6) is 3.22. The topological polar surface area (TPSA) is 372 Å². The Morgan fingerprint density at radius 2 is 0.758 bits per heavy atom. The van der Waals surface area contributed by atoms with Gasteiger partial charge in [0.05, 0.1) is 135 Å². The molecule has 124 heavy (non-hydrogen) atoms. The van der Waals surface area contributed by atoms with E-state index in [1.54, 1.807) is 126 Å². The fourth-order valence-electron chi connectivity index (χ4n) is 12.2. The summed E-state index contributed by atoms with van der Waals surface area (Å²) < 4.78 is 83.3.